The van der Waals surface area contributed by atoms with Crippen molar-refractivity contribution >= 4 is 12.1 Å². The van der Waals surface area contributed by atoms with Crippen LogP contribution < -0.4 is 5.32 Å². The molecule has 0 spiro atoms. The van der Waals surface area contributed by atoms with E-state index in [1.165, 1.54) is 26.0 Å². The molecule has 1 rings (SSSR count). The zero-order chi connectivity index (χ0) is 22.2. The fourth-order valence-corrected chi connectivity index (χ4v) is 3.24. The first-order valence-electron chi connectivity index (χ1n) is 10.9. The minimum absolute atomic E-state index is 0.0990. The van der Waals surface area contributed by atoms with Gasteiger partial charge in [0.1, 0.15) is 12.6 Å². The highest BCUT2D eigenvalue weighted by molar-refractivity contribution is 5.83. The molecule has 0 radical (unpaired) electrons. The lowest BCUT2D eigenvalue weighted by Crippen LogP contribution is -2.41. The number of amides is 1. The van der Waals surface area contributed by atoms with Crippen LogP contribution in [0.5, 0.6) is 0 Å². The Kier molecular flexibility index (Phi) is 12.5. The van der Waals surface area contributed by atoms with Gasteiger partial charge in [-0.2, -0.15) is 0 Å². The van der Waals surface area contributed by atoms with Gasteiger partial charge in [0.05, 0.1) is 12.7 Å². The Labute approximate surface area is 180 Å². The van der Waals surface area contributed by atoms with E-state index in [4.69, 9.17) is 9.47 Å². The average Bonchev–Trinajstić information content (AvgIpc) is 2.75. The summed E-state index contributed by atoms with van der Waals surface area (Å²) in [5.41, 5.74) is -0.165. The van der Waals surface area contributed by atoms with Gasteiger partial charge in [-0.05, 0) is 18.4 Å². The van der Waals surface area contributed by atoms with Gasteiger partial charge in [0.25, 0.3) is 0 Å². The third-order valence-corrected chi connectivity index (χ3v) is 4.94. The molecule has 0 bridgehead atoms. The van der Waals surface area contributed by atoms with Crippen molar-refractivity contribution in [2.45, 2.75) is 83.5 Å². The van der Waals surface area contributed by atoms with E-state index in [2.05, 4.69) is 12.2 Å². The first kappa shape index (κ1) is 25.7. The molecule has 2 N–H and O–H groups in total. The fraction of sp³-hybridized carbons (Fsp3) is 0.583. The van der Waals surface area contributed by atoms with Gasteiger partial charge in [-0.3, -0.25) is 0 Å². The van der Waals surface area contributed by atoms with Crippen LogP contribution in [0.2, 0.25) is 0 Å². The number of hydrogen-bond donors (Lipinski definition) is 2. The molecule has 0 fully saturated rings. The number of carbonyl (C=O) groups is 2. The molecule has 6 nitrogen and oxygen atoms in total. The van der Waals surface area contributed by atoms with Gasteiger partial charge in [0.15, 0.2) is 0 Å². The highest BCUT2D eigenvalue weighted by Crippen LogP contribution is 2.23. The molecule has 0 aromatic heterocycles. The smallest absolute Gasteiger partial charge is 0.408 e. The molecule has 6 heteroatoms. The van der Waals surface area contributed by atoms with E-state index in [1.54, 1.807) is 6.08 Å². The predicted molar refractivity (Wildman–Crippen MR) is 118 cm³/mol. The molecule has 0 aliphatic heterocycles. The van der Waals surface area contributed by atoms with Crippen LogP contribution in [0, 0.1) is 0 Å². The van der Waals surface area contributed by atoms with Crippen molar-refractivity contribution in [3.8, 4) is 0 Å². The zero-order valence-corrected chi connectivity index (χ0v) is 18.6. The summed E-state index contributed by atoms with van der Waals surface area (Å²) in [4.78, 5) is 24.2. The zero-order valence-electron chi connectivity index (χ0n) is 18.6. The second-order valence-corrected chi connectivity index (χ2v) is 7.58. The van der Waals surface area contributed by atoms with E-state index in [0.29, 0.717) is 12.8 Å². The maximum atomic E-state index is 12.1. The Morgan fingerprint density at radius 3 is 2.40 bits per heavy atom. The van der Waals surface area contributed by atoms with Crippen molar-refractivity contribution < 1.29 is 24.2 Å². The average molecular weight is 420 g/mol. The van der Waals surface area contributed by atoms with Crippen molar-refractivity contribution in [3.63, 3.8) is 0 Å². The van der Waals surface area contributed by atoms with Gasteiger partial charge < -0.3 is 19.9 Å². The number of methoxy groups -OCH3 is 1. The summed E-state index contributed by atoms with van der Waals surface area (Å²) in [5, 5.41) is 13.5. The van der Waals surface area contributed by atoms with E-state index in [-0.39, 0.29) is 6.61 Å². The molecule has 1 amide bonds. The molecule has 0 aliphatic rings. The number of ether oxygens (including phenoxy) is 2. The summed E-state index contributed by atoms with van der Waals surface area (Å²) in [6.45, 7) is 4.27. The monoisotopic (exact) mass is 419 g/mol. The SMILES string of the molecule is CCCCCCCC(O)(C=CC(NC(=O)OCc1ccccc1)C(=O)OC)CCC. The minimum Gasteiger partial charge on any atom is -0.467 e. The van der Waals surface area contributed by atoms with Crippen LogP contribution in [0.25, 0.3) is 0 Å². The third kappa shape index (κ3) is 10.4. The van der Waals surface area contributed by atoms with Gasteiger partial charge in [0.2, 0.25) is 0 Å². The molecule has 1 aromatic carbocycles. The van der Waals surface area contributed by atoms with E-state index in [0.717, 1.165) is 31.2 Å². The van der Waals surface area contributed by atoms with Crippen LogP contribution in [-0.2, 0) is 20.9 Å². The molecule has 168 valence electrons. The Hall–Kier alpha value is -2.34. The van der Waals surface area contributed by atoms with E-state index < -0.39 is 23.7 Å². The van der Waals surface area contributed by atoms with Crippen molar-refractivity contribution in [1.82, 2.24) is 5.32 Å². The first-order valence-corrected chi connectivity index (χ1v) is 10.9. The number of aliphatic hydroxyl groups is 1. The fourth-order valence-electron chi connectivity index (χ4n) is 3.24. The molecule has 0 aliphatic carbocycles. The second kappa shape index (κ2) is 14.6. The number of benzene rings is 1. The first-order chi connectivity index (χ1) is 14.4. The maximum absolute atomic E-state index is 12.1. The molecule has 30 heavy (non-hydrogen) atoms. The third-order valence-electron chi connectivity index (χ3n) is 4.94. The van der Waals surface area contributed by atoms with Crippen LogP contribution in [-0.4, -0.2) is 35.9 Å². The number of hydrogen-bond acceptors (Lipinski definition) is 5. The van der Waals surface area contributed by atoms with Crippen molar-refractivity contribution in [3.05, 3.63) is 48.0 Å². The van der Waals surface area contributed by atoms with Crippen LogP contribution in [0.4, 0.5) is 4.79 Å². The molecule has 0 heterocycles. The van der Waals surface area contributed by atoms with Gasteiger partial charge in [0, 0.05) is 0 Å². The molecule has 2 unspecified atom stereocenters. The van der Waals surface area contributed by atoms with Crippen LogP contribution >= 0.6 is 0 Å². The number of nitrogens with one attached hydrogen (secondary N) is 1. The summed E-state index contributed by atoms with van der Waals surface area (Å²) >= 11 is 0. The standard InChI is InChI=1S/C24H37NO5/c1-4-6-7-8-12-17-24(28,16-5-2)18-15-21(22(26)29-3)25-23(27)30-19-20-13-10-9-11-14-20/h9-11,13-15,18,21,28H,4-8,12,16-17,19H2,1-3H3,(H,25,27). The maximum Gasteiger partial charge on any atom is 0.408 e. The molecule has 0 saturated carbocycles. The second-order valence-electron chi connectivity index (χ2n) is 7.58. The van der Waals surface area contributed by atoms with Gasteiger partial charge in [-0.1, -0.05) is 94.9 Å². The van der Waals surface area contributed by atoms with Crippen molar-refractivity contribution in [1.29, 1.82) is 0 Å². The Bertz CT molecular complexity index is 646. The minimum atomic E-state index is -1.03. The molecule has 2 atom stereocenters. The molecule has 0 saturated heterocycles. The van der Waals surface area contributed by atoms with Gasteiger partial charge in [-0.15, -0.1) is 0 Å². The molecular formula is C24H37NO5. The number of esters is 1. The number of carbonyl (C=O) groups excluding carboxylic acids is 2. The highest BCUT2D eigenvalue weighted by Gasteiger charge is 2.25. The Morgan fingerprint density at radius 2 is 1.77 bits per heavy atom. The lowest BCUT2D eigenvalue weighted by Gasteiger charge is -2.25. The summed E-state index contributed by atoms with van der Waals surface area (Å²) in [7, 11) is 1.26. The Morgan fingerprint density at radius 1 is 1.07 bits per heavy atom. The quantitative estimate of drug-likeness (QED) is 0.254. The van der Waals surface area contributed by atoms with Crippen molar-refractivity contribution in [2.75, 3.05) is 7.11 Å². The van der Waals surface area contributed by atoms with E-state index in [1.807, 2.05) is 37.3 Å². The lowest BCUT2D eigenvalue weighted by atomic mass is 9.90. The van der Waals surface area contributed by atoms with Crippen molar-refractivity contribution in [2.24, 2.45) is 0 Å². The number of alkyl carbamates (subject to hydrolysis) is 1. The summed E-state index contributed by atoms with van der Waals surface area (Å²) in [6.07, 6.45) is 9.91. The van der Waals surface area contributed by atoms with Crippen LogP contribution in [0.3, 0.4) is 0 Å². The van der Waals surface area contributed by atoms with E-state index >= 15 is 0 Å². The number of rotatable bonds is 14. The number of unbranched alkanes of at least 4 members (excludes halogenated alkanes) is 4. The predicted octanol–water partition coefficient (Wildman–Crippen LogP) is 4.90. The summed E-state index contributed by atoms with van der Waals surface area (Å²) < 4.78 is 9.97. The largest absolute Gasteiger partial charge is 0.467 e. The lowest BCUT2D eigenvalue weighted by molar-refractivity contribution is -0.141. The normalized spacial score (nSPS) is 14.1. The van der Waals surface area contributed by atoms with Crippen LogP contribution in [0.15, 0.2) is 42.5 Å². The van der Waals surface area contributed by atoms with E-state index in [9.17, 15) is 14.7 Å². The Balaban J connectivity index is 2.68. The highest BCUT2D eigenvalue weighted by atomic mass is 16.6. The summed E-state index contributed by atoms with van der Waals surface area (Å²) in [6, 6.07) is 8.25. The topological polar surface area (TPSA) is 84.9 Å². The molecule has 1 aromatic rings. The summed E-state index contributed by atoms with van der Waals surface area (Å²) in [5.74, 6) is -0.621. The molecular weight excluding hydrogens is 382 g/mol. The van der Waals surface area contributed by atoms with Gasteiger partial charge >= 0.3 is 12.1 Å². The van der Waals surface area contributed by atoms with Gasteiger partial charge in [-0.25, -0.2) is 9.59 Å². The van der Waals surface area contributed by atoms with Crippen LogP contribution in [0.1, 0.15) is 70.8 Å².